The van der Waals surface area contributed by atoms with Crippen LogP contribution in [0.1, 0.15) is 23.6 Å². The first-order chi connectivity index (χ1) is 12.1. The molecule has 0 bridgehead atoms. The molecule has 0 atom stereocenters. The number of hydrogen-bond donors (Lipinski definition) is 0. The molecule has 1 aliphatic carbocycles. The lowest BCUT2D eigenvalue weighted by Crippen LogP contribution is -1.97. The Morgan fingerprint density at radius 3 is 2.20 bits per heavy atom. The van der Waals surface area contributed by atoms with E-state index in [1.54, 1.807) is 28.4 Å². The molecule has 0 fully saturated rings. The number of allylic oxidation sites excluding steroid dienone is 2. The molecule has 0 unspecified atom stereocenters. The highest BCUT2D eigenvalue weighted by Gasteiger charge is 2.19. The van der Waals surface area contributed by atoms with Crippen molar-refractivity contribution in [3.8, 4) is 23.0 Å². The molecule has 2 aromatic carbocycles. The minimum absolute atomic E-state index is 0.592. The average Bonchev–Trinajstić information content (AvgIpc) is 2.95. The molecule has 1 aliphatic rings. The fourth-order valence-corrected chi connectivity index (χ4v) is 3.14. The summed E-state index contributed by atoms with van der Waals surface area (Å²) in [4.78, 5) is 0. The van der Waals surface area contributed by atoms with Gasteiger partial charge in [0, 0.05) is 5.56 Å². The van der Waals surface area contributed by atoms with E-state index in [4.69, 9.17) is 18.9 Å². The van der Waals surface area contributed by atoms with Crippen molar-refractivity contribution in [1.29, 1.82) is 0 Å². The van der Waals surface area contributed by atoms with Gasteiger partial charge in [0.2, 0.25) is 5.75 Å². The molecule has 0 radical (unpaired) electrons. The number of benzene rings is 2. The van der Waals surface area contributed by atoms with Crippen molar-refractivity contribution in [2.45, 2.75) is 6.92 Å². The van der Waals surface area contributed by atoms with Gasteiger partial charge in [0.05, 0.1) is 28.4 Å². The molecule has 0 N–H and O–H groups in total. The number of ether oxygens (including phenoxy) is 4. The van der Waals surface area contributed by atoms with E-state index in [9.17, 15) is 0 Å². The Morgan fingerprint density at radius 2 is 1.56 bits per heavy atom. The van der Waals surface area contributed by atoms with Gasteiger partial charge in [-0.05, 0) is 59.5 Å². The Labute approximate surface area is 148 Å². The van der Waals surface area contributed by atoms with E-state index in [2.05, 4.69) is 25.1 Å². The maximum absolute atomic E-state index is 5.59. The third-order valence-corrected chi connectivity index (χ3v) is 4.38. The van der Waals surface area contributed by atoms with Crippen LogP contribution in [0.15, 0.2) is 35.9 Å². The first-order valence-corrected chi connectivity index (χ1v) is 8.00. The van der Waals surface area contributed by atoms with Crippen molar-refractivity contribution >= 4 is 17.7 Å². The third-order valence-electron chi connectivity index (χ3n) is 4.38. The first kappa shape index (κ1) is 17.0. The van der Waals surface area contributed by atoms with Crippen LogP contribution in [0.4, 0.5) is 0 Å². The topological polar surface area (TPSA) is 36.9 Å². The summed E-state index contributed by atoms with van der Waals surface area (Å²) >= 11 is 0. The maximum Gasteiger partial charge on any atom is 0.203 e. The molecular weight excluding hydrogens is 316 g/mol. The van der Waals surface area contributed by atoms with E-state index in [0.717, 1.165) is 22.4 Å². The fourth-order valence-electron chi connectivity index (χ4n) is 3.14. The van der Waals surface area contributed by atoms with Crippen molar-refractivity contribution in [3.05, 3.63) is 52.6 Å². The molecule has 0 saturated carbocycles. The van der Waals surface area contributed by atoms with Gasteiger partial charge in [0.15, 0.2) is 11.5 Å². The standard InChI is InChI=1S/C21H22O4/c1-13-10-15-11-16(22-2)7-8-17(15)18(13)12-14-6-9-19(23-3)21(25-5)20(14)24-4/h6-12H,1-5H3. The quantitative estimate of drug-likeness (QED) is 0.793. The smallest absolute Gasteiger partial charge is 0.203 e. The maximum atomic E-state index is 5.59. The first-order valence-electron chi connectivity index (χ1n) is 8.00. The molecule has 2 aromatic rings. The highest BCUT2D eigenvalue weighted by Crippen LogP contribution is 2.43. The highest BCUT2D eigenvalue weighted by molar-refractivity contribution is 6.02. The molecule has 130 valence electrons. The van der Waals surface area contributed by atoms with Crippen molar-refractivity contribution in [2.75, 3.05) is 28.4 Å². The monoisotopic (exact) mass is 338 g/mol. The number of methoxy groups -OCH3 is 4. The molecule has 3 rings (SSSR count). The summed E-state index contributed by atoms with van der Waals surface area (Å²) < 4.78 is 21.7. The van der Waals surface area contributed by atoms with Crippen LogP contribution in [0.3, 0.4) is 0 Å². The summed E-state index contributed by atoms with van der Waals surface area (Å²) in [6.07, 6.45) is 4.28. The van der Waals surface area contributed by atoms with E-state index in [1.165, 1.54) is 11.1 Å². The van der Waals surface area contributed by atoms with Gasteiger partial charge in [-0.15, -0.1) is 0 Å². The predicted molar refractivity (Wildman–Crippen MR) is 101 cm³/mol. The zero-order valence-electron chi connectivity index (χ0n) is 15.2. The van der Waals surface area contributed by atoms with Crippen LogP contribution >= 0.6 is 0 Å². The minimum Gasteiger partial charge on any atom is -0.497 e. The summed E-state index contributed by atoms with van der Waals surface area (Å²) in [6, 6.07) is 9.97. The van der Waals surface area contributed by atoms with Gasteiger partial charge in [0.25, 0.3) is 0 Å². The van der Waals surface area contributed by atoms with Crippen LogP contribution in [-0.2, 0) is 0 Å². The summed E-state index contributed by atoms with van der Waals surface area (Å²) in [5.41, 5.74) is 5.62. The van der Waals surface area contributed by atoms with E-state index in [-0.39, 0.29) is 0 Å². The molecule has 0 saturated heterocycles. The lowest BCUT2D eigenvalue weighted by molar-refractivity contribution is 0.324. The van der Waals surface area contributed by atoms with Gasteiger partial charge in [-0.1, -0.05) is 12.1 Å². The van der Waals surface area contributed by atoms with Crippen LogP contribution in [0.5, 0.6) is 23.0 Å². The van der Waals surface area contributed by atoms with Crippen molar-refractivity contribution in [1.82, 2.24) is 0 Å². The summed E-state index contributed by atoms with van der Waals surface area (Å²) in [5.74, 6) is 2.75. The zero-order chi connectivity index (χ0) is 18.0. The molecule has 4 nitrogen and oxygen atoms in total. The largest absolute Gasteiger partial charge is 0.497 e. The van der Waals surface area contributed by atoms with Gasteiger partial charge in [-0.25, -0.2) is 0 Å². The Hall–Kier alpha value is -2.88. The Bertz CT molecular complexity index is 862. The molecule has 0 heterocycles. The average molecular weight is 338 g/mol. The number of fused-ring (bicyclic) bond motifs is 1. The minimum atomic E-state index is 0.592. The van der Waals surface area contributed by atoms with Gasteiger partial charge >= 0.3 is 0 Å². The van der Waals surface area contributed by atoms with Crippen molar-refractivity contribution in [3.63, 3.8) is 0 Å². The van der Waals surface area contributed by atoms with Gasteiger partial charge in [0.1, 0.15) is 5.75 Å². The van der Waals surface area contributed by atoms with E-state index < -0.39 is 0 Å². The second-order valence-electron chi connectivity index (χ2n) is 5.76. The number of hydrogen-bond acceptors (Lipinski definition) is 4. The van der Waals surface area contributed by atoms with Crippen molar-refractivity contribution < 1.29 is 18.9 Å². The Balaban J connectivity index is 2.13. The Kier molecular flexibility index (Phi) is 4.70. The second-order valence-corrected chi connectivity index (χ2v) is 5.76. The molecule has 0 amide bonds. The van der Waals surface area contributed by atoms with Crippen LogP contribution < -0.4 is 18.9 Å². The number of rotatable bonds is 5. The molecular formula is C21H22O4. The molecule has 0 aromatic heterocycles. The third kappa shape index (κ3) is 2.95. The highest BCUT2D eigenvalue weighted by atomic mass is 16.5. The van der Waals surface area contributed by atoms with Crippen molar-refractivity contribution in [2.24, 2.45) is 0 Å². The molecule has 4 heteroatoms. The lowest BCUT2D eigenvalue weighted by atomic mass is 9.99. The van der Waals surface area contributed by atoms with Crippen LogP contribution in [0.2, 0.25) is 0 Å². The summed E-state index contributed by atoms with van der Waals surface area (Å²) in [5, 5.41) is 0. The predicted octanol–water partition coefficient (Wildman–Crippen LogP) is 4.68. The summed E-state index contributed by atoms with van der Waals surface area (Å²) in [6.45, 7) is 2.10. The zero-order valence-corrected chi connectivity index (χ0v) is 15.2. The van der Waals surface area contributed by atoms with Gasteiger partial charge in [-0.2, -0.15) is 0 Å². The Morgan fingerprint density at radius 1 is 0.800 bits per heavy atom. The van der Waals surface area contributed by atoms with E-state index in [1.807, 2.05) is 24.3 Å². The van der Waals surface area contributed by atoms with Crippen LogP contribution in [0.25, 0.3) is 17.7 Å². The summed E-state index contributed by atoms with van der Waals surface area (Å²) in [7, 11) is 6.54. The van der Waals surface area contributed by atoms with Crippen LogP contribution in [0, 0.1) is 0 Å². The fraction of sp³-hybridized carbons (Fsp3) is 0.238. The SMILES string of the molecule is COc1ccc2c(c1)C=C(C)C2=Cc1ccc(OC)c(OC)c1OC. The van der Waals surface area contributed by atoms with E-state index in [0.29, 0.717) is 17.2 Å². The van der Waals surface area contributed by atoms with Gasteiger partial charge < -0.3 is 18.9 Å². The van der Waals surface area contributed by atoms with E-state index >= 15 is 0 Å². The molecule has 0 aliphatic heterocycles. The van der Waals surface area contributed by atoms with Crippen LogP contribution in [-0.4, -0.2) is 28.4 Å². The van der Waals surface area contributed by atoms with Gasteiger partial charge in [-0.3, -0.25) is 0 Å². The molecule has 0 spiro atoms. The normalized spacial score (nSPS) is 14.1. The molecule has 25 heavy (non-hydrogen) atoms. The second kappa shape index (κ2) is 6.93. The lowest BCUT2D eigenvalue weighted by Gasteiger charge is -2.15.